The van der Waals surface area contributed by atoms with E-state index in [2.05, 4.69) is 0 Å². The molecule has 0 aromatic heterocycles. The molecule has 120 valence electrons. The van der Waals surface area contributed by atoms with Crippen molar-refractivity contribution in [2.24, 2.45) is 0 Å². The summed E-state index contributed by atoms with van der Waals surface area (Å²) in [4.78, 5) is 33.7. The van der Waals surface area contributed by atoms with Crippen LogP contribution in [-0.4, -0.2) is 60.1 Å². The van der Waals surface area contributed by atoms with E-state index in [-0.39, 0.29) is 0 Å². The highest BCUT2D eigenvalue weighted by Gasteiger charge is 2.49. The molecule has 2 unspecified atom stereocenters. The minimum Gasteiger partial charge on any atom is -0.456 e. The Bertz CT molecular complexity index is 407. The average Bonchev–Trinajstić information content (AvgIpc) is 2.35. The monoisotopic (exact) mass is 304 g/mol. The molecular formula is C13H20O8. The van der Waals surface area contributed by atoms with Crippen LogP contribution in [0, 0.1) is 0 Å². The van der Waals surface area contributed by atoms with Crippen LogP contribution in [0.3, 0.4) is 0 Å². The van der Waals surface area contributed by atoms with Gasteiger partial charge in [0.2, 0.25) is 0 Å². The number of aliphatic hydroxyl groups excluding tert-OH is 1. The molecular weight excluding hydrogens is 284 g/mol. The fourth-order valence-electron chi connectivity index (χ4n) is 2.26. The molecule has 1 fully saturated rings. The maximum absolute atomic E-state index is 11.3. The van der Waals surface area contributed by atoms with Gasteiger partial charge in [0.1, 0.15) is 6.10 Å². The first kappa shape index (κ1) is 17.4. The Morgan fingerprint density at radius 1 is 0.905 bits per heavy atom. The number of hydrogen-bond donors (Lipinski definition) is 1. The van der Waals surface area contributed by atoms with Crippen LogP contribution >= 0.6 is 0 Å². The molecule has 1 rings (SSSR count). The summed E-state index contributed by atoms with van der Waals surface area (Å²) in [6.45, 7) is 4.74. The summed E-state index contributed by atoms with van der Waals surface area (Å²) in [6, 6.07) is 0. The Morgan fingerprint density at radius 2 is 1.33 bits per heavy atom. The molecule has 21 heavy (non-hydrogen) atoms. The van der Waals surface area contributed by atoms with E-state index in [0.717, 1.165) is 0 Å². The van der Waals surface area contributed by atoms with Crippen LogP contribution in [0.25, 0.3) is 0 Å². The van der Waals surface area contributed by atoms with Crippen LogP contribution in [0.15, 0.2) is 0 Å². The van der Waals surface area contributed by atoms with Crippen molar-refractivity contribution in [1.29, 1.82) is 0 Å². The molecule has 1 N–H and O–H groups in total. The summed E-state index contributed by atoms with van der Waals surface area (Å²) in [5.41, 5.74) is 0. The van der Waals surface area contributed by atoms with E-state index in [4.69, 9.17) is 18.9 Å². The molecule has 0 spiro atoms. The SMILES string of the molecule is CC(=O)OC1[C@H](C)OC(CO)[C@H](OC(C)=O)[C@@H]1OC(C)=O. The molecule has 1 aliphatic rings. The van der Waals surface area contributed by atoms with Crippen molar-refractivity contribution in [3.8, 4) is 0 Å². The number of hydrogen-bond acceptors (Lipinski definition) is 8. The lowest BCUT2D eigenvalue weighted by molar-refractivity contribution is -0.248. The molecule has 8 heteroatoms. The Labute approximate surface area is 122 Å². The highest BCUT2D eigenvalue weighted by atomic mass is 16.6. The number of esters is 3. The second kappa shape index (κ2) is 7.37. The summed E-state index contributed by atoms with van der Waals surface area (Å²) in [7, 11) is 0. The Kier molecular flexibility index (Phi) is 6.10. The van der Waals surface area contributed by atoms with Gasteiger partial charge in [-0.05, 0) is 6.92 Å². The molecule has 0 amide bonds. The van der Waals surface area contributed by atoms with Crippen LogP contribution in [0.5, 0.6) is 0 Å². The molecule has 1 heterocycles. The van der Waals surface area contributed by atoms with Crippen LogP contribution in [-0.2, 0) is 33.3 Å². The third-order valence-corrected chi connectivity index (χ3v) is 2.95. The van der Waals surface area contributed by atoms with E-state index < -0.39 is 55.0 Å². The highest BCUT2D eigenvalue weighted by Crippen LogP contribution is 2.28. The van der Waals surface area contributed by atoms with Crippen molar-refractivity contribution in [1.82, 2.24) is 0 Å². The van der Waals surface area contributed by atoms with Gasteiger partial charge in [0.05, 0.1) is 12.7 Å². The van der Waals surface area contributed by atoms with Gasteiger partial charge in [-0.1, -0.05) is 0 Å². The van der Waals surface area contributed by atoms with E-state index in [1.165, 1.54) is 20.8 Å². The lowest BCUT2D eigenvalue weighted by atomic mass is 9.95. The lowest BCUT2D eigenvalue weighted by Gasteiger charge is -2.43. The maximum Gasteiger partial charge on any atom is 0.303 e. The molecule has 0 saturated carbocycles. The third kappa shape index (κ3) is 4.68. The number of ether oxygens (including phenoxy) is 4. The quantitative estimate of drug-likeness (QED) is 0.550. The Morgan fingerprint density at radius 3 is 1.76 bits per heavy atom. The predicted octanol–water partition coefficient (Wildman–Crippen LogP) is -0.439. The largest absolute Gasteiger partial charge is 0.456 e. The van der Waals surface area contributed by atoms with Crippen LogP contribution in [0.1, 0.15) is 27.7 Å². The van der Waals surface area contributed by atoms with Gasteiger partial charge in [-0.15, -0.1) is 0 Å². The van der Waals surface area contributed by atoms with Crippen molar-refractivity contribution < 1.29 is 38.4 Å². The standard InChI is InChI=1S/C13H20O8/c1-6-11(19-7(2)15)13(21-9(4)17)12(20-8(3)16)10(5-14)18-6/h6,10-14H,5H2,1-4H3/t6-,10?,11?,12-,13+/m0/s1. The topological polar surface area (TPSA) is 108 Å². The molecule has 0 aromatic rings. The van der Waals surface area contributed by atoms with E-state index in [9.17, 15) is 19.5 Å². The second-order valence-corrected chi connectivity index (χ2v) is 4.78. The van der Waals surface area contributed by atoms with Gasteiger partial charge in [0.25, 0.3) is 0 Å². The van der Waals surface area contributed by atoms with Gasteiger partial charge in [-0.2, -0.15) is 0 Å². The van der Waals surface area contributed by atoms with Crippen molar-refractivity contribution in [3.05, 3.63) is 0 Å². The molecule has 0 bridgehead atoms. The summed E-state index contributed by atoms with van der Waals surface area (Å²) in [5, 5.41) is 9.35. The summed E-state index contributed by atoms with van der Waals surface area (Å²) in [6.07, 6.45) is -4.55. The summed E-state index contributed by atoms with van der Waals surface area (Å²) < 4.78 is 20.8. The summed E-state index contributed by atoms with van der Waals surface area (Å²) in [5.74, 6) is -1.84. The zero-order valence-corrected chi connectivity index (χ0v) is 12.4. The molecule has 8 nitrogen and oxygen atoms in total. The zero-order chi connectivity index (χ0) is 16.2. The first-order valence-electron chi connectivity index (χ1n) is 6.54. The molecule has 1 aliphatic heterocycles. The normalized spacial score (nSPS) is 32.1. The van der Waals surface area contributed by atoms with Crippen molar-refractivity contribution >= 4 is 17.9 Å². The second-order valence-electron chi connectivity index (χ2n) is 4.78. The zero-order valence-electron chi connectivity index (χ0n) is 12.4. The third-order valence-electron chi connectivity index (χ3n) is 2.95. The van der Waals surface area contributed by atoms with Gasteiger partial charge in [-0.3, -0.25) is 14.4 Å². The first-order chi connectivity index (χ1) is 9.76. The molecule has 0 aromatic carbocycles. The molecule has 0 radical (unpaired) electrons. The smallest absolute Gasteiger partial charge is 0.303 e. The van der Waals surface area contributed by atoms with Crippen LogP contribution in [0.4, 0.5) is 0 Å². The van der Waals surface area contributed by atoms with E-state index in [0.29, 0.717) is 0 Å². The minimum atomic E-state index is -1.06. The molecule has 0 aliphatic carbocycles. The Hall–Kier alpha value is -1.67. The number of carbonyl (C=O) groups is 3. The van der Waals surface area contributed by atoms with Gasteiger partial charge in [0.15, 0.2) is 18.3 Å². The lowest BCUT2D eigenvalue weighted by Crippen LogP contribution is -2.61. The number of rotatable bonds is 4. The van der Waals surface area contributed by atoms with Gasteiger partial charge in [-0.25, -0.2) is 0 Å². The van der Waals surface area contributed by atoms with Gasteiger partial charge in [0, 0.05) is 20.8 Å². The van der Waals surface area contributed by atoms with Crippen LogP contribution < -0.4 is 0 Å². The predicted molar refractivity (Wildman–Crippen MR) is 68.1 cm³/mol. The number of aliphatic hydroxyl groups is 1. The fraction of sp³-hybridized carbons (Fsp3) is 0.769. The van der Waals surface area contributed by atoms with Crippen molar-refractivity contribution in [2.45, 2.75) is 58.2 Å². The molecule has 1 saturated heterocycles. The van der Waals surface area contributed by atoms with E-state index in [1.54, 1.807) is 6.92 Å². The van der Waals surface area contributed by atoms with Crippen LogP contribution in [0.2, 0.25) is 0 Å². The van der Waals surface area contributed by atoms with E-state index in [1.807, 2.05) is 0 Å². The first-order valence-corrected chi connectivity index (χ1v) is 6.54. The molecule has 5 atom stereocenters. The fourth-order valence-corrected chi connectivity index (χ4v) is 2.26. The highest BCUT2D eigenvalue weighted by molar-refractivity contribution is 5.68. The average molecular weight is 304 g/mol. The number of carbonyl (C=O) groups excluding carboxylic acids is 3. The Balaban J connectivity index is 3.08. The van der Waals surface area contributed by atoms with E-state index >= 15 is 0 Å². The maximum atomic E-state index is 11.3. The van der Waals surface area contributed by atoms with Gasteiger partial charge < -0.3 is 24.1 Å². The van der Waals surface area contributed by atoms with Crippen molar-refractivity contribution in [3.63, 3.8) is 0 Å². The minimum absolute atomic E-state index is 0.438. The van der Waals surface area contributed by atoms with Crippen molar-refractivity contribution in [2.75, 3.05) is 6.61 Å². The summed E-state index contributed by atoms with van der Waals surface area (Å²) >= 11 is 0. The van der Waals surface area contributed by atoms with Gasteiger partial charge >= 0.3 is 17.9 Å².